The average Bonchev–Trinajstić information content (AvgIpc) is 2.93. The van der Waals surface area contributed by atoms with E-state index in [4.69, 9.17) is 17.3 Å². The van der Waals surface area contributed by atoms with E-state index in [1.807, 2.05) is 0 Å². The number of nitro groups is 1. The molecule has 3 rings (SSSR count). The first-order valence-corrected chi connectivity index (χ1v) is 6.74. The average molecular weight is 310 g/mol. The Hall–Kier alpha value is -2.32. The zero-order valence-corrected chi connectivity index (χ0v) is 11.5. The van der Waals surface area contributed by atoms with Crippen LogP contribution in [-0.4, -0.2) is 14.3 Å². The summed E-state index contributed by atoms with van der Waals surface area (Å²) in [5, 5.41) is 16.2. The number of nitrogens with one attached hydrogen (secondary N) is 1. The molecule has 0 radical (unpaired) electrons. The van der Waals surface area contributed by atoms with Gasteiger partial charge in [-0.1, -0.05) is 22.9 Å². The number of hydrogen-bond donors (Lipinski definition) is 2. The molecule has 0 spiro atoms. The highest BCUT2D eigenvalue weighted by molar-refractivity contribution is 7.15. The molecule has 1 aromatic carbocycles. The van der Waals surface area contributed by atoms with Crippen molar-refractivity contribution in [2.24, 2.45) is 0 Å². The second-order valence-electron chi connectivity index (χ2n) is 3.96. The predicted octanol–water partition coefficient (Wildman–Crippen LogP) is 3.28. The molecule has 2 aromatic heterocycles. The summed E-state index contributed by atoms with van der Waals surface area (Å²) in [4.78, 5) is 15.4. The highest BCUT2D eigenvalue weighted by atomic mass is 35.5. The van der Waals surface area contributed by atoms with Crippen LogP contribution in [0, 0.1) is 10.1 Å². The molecule has 0 amide bonds. The Morgan fingerprint density at radius 2 is 2.30 bits per heavy atom. The first-order chi connectivity index (χ1) is 9.56. The van der Waals surface area contributed by atoms with Crippen molar-refractivity contribution in [3.8, 4) is 0 Å². The lowest BCUT2D eigenvalue weighted by molar-refractivity contribution is -0.389. The Morgan fingerprint density at radius 1 is 1.50 bits per heavy atom. The van der Waals surface area contributed by atoms with Crippen LogP contribution in [0.3, 0.4) is 0 Å². The Morgan fingerprint density at radius 3 is 3.05 bits per heavy atom. The van der Waals surface area contributed by atoms with Crippen LogP contribution < -0.4 is 11.1 Å². The van der Waals surface area contributed by atoms with Crippen LogP contribution in [0.1, 0.15) is 0 Å². The SMILES string of the molecule is Nc1ccc(Cl)c(Nc2nc3sccn3c2[N+](=O)[O-])c1. The van der Waals surface area contributed by atoms with Gasteiger partial charge in [0.25, 0.3) is 4.96 Å². The van der Waals surface area contributed by atoms with Crippen LogP contribution in [0.15, 0.2) is 29.8 Å². The Bertz CT molecular complexity index is 812. The standard InChI is InChI=1S/C11H8ClN5O2S/c12-7-2-1-6(13)5-8(7)14-9-10(17(18)19)16-3-4-20-11(16)15-9/h1-5,14H,13H2. The lowest BCUT2D eigenvalue weighted by atomic mass is 10.3. The molecule has 2 heterocycles. The van der Waals surface area contributed by atoms with Gasteiger partial charge in [-0.3, -0.25) is 0 Å². The molecule has 3 aromatic rings. The normalized spacial score (nSPS) is 10.8. The highest BCUT2D eigenvalue weighted by Gasteiger charge is 2.24. The molecule has 3 N–H and O–H groups in total. The van der Waals surface area contributed by atoms with Crippen molar-refractivity contribution in [3.63, 3.8) is 0 Å². The largest absolute Gasteiger partial charge is 0.399 e. The molecule has 7 nitrogen and oxygen atoms in total. The zero-order valence-electron chi connectivity index (χ0n) is 9.91. The van der Waals surface area contributed by atoms with Crippen molar-refractivity contribution in [3.05, 3.63) is 44.9 Å². The van der Waals surface area contributed by atoms with Crippen LogP contribution in [0.2, 0.25) is 5.02 Å². The van der Waals surface area contributed by atoms with Gasteiger partial charge in [-0.05, 0) is 23.1 Å². The fourth-order valence-corrected chi connectivity index (χ4v) is 2.67. The molecule has 0 aliphatic rings. The van der Waals surface area contributed by atoms with E-state index in [9.17, 15) is 10.1 Å². The minimum Gasteiger partial charge on any atom is -0.399 e. The van der Waals surface area contributed by atoms with Gasteiger partial charge >= 0.3 is 5.82 Å². The van der Waals surface area contributed by atoms with E-state index in [2.05, 4.69) is 10.3 Å². The number of fused-ring (bicyclic) bond motifs is 1. The van der Waals surface area contributed by atoms with Gasteiger partial charge in [-0.15, -0.1) is 0 Å². The van der Waals surface area contributed by atoms with Crippen LogP contribution in [0.4, 0.5) is 23.0 Å². The van der Waals surface area contributed by atoms with Crippen molar-refractivity contribution < 1.29 is 4.92 Å². The van der Waals surface area contributed by atoms with Gasteiger partial charge in [0.1, 0.15) is 6.20 Å². The molecule has 0 unspecified atom stereocenters. The topological polar surface area (TPSA) is 98.5 Å². The number of hydrogen-bond acceptors (Lipinski definition) is 6. The van der Waals surface area contributed by atoms with Crippen molar-refractivity contribution in [2.75, 3.05) is 11.1 Å². The molecule has 0 aliphatic heterocycles. The van der Waals surface area contributed by atoms with Crippen molar-refractivity contribution in [1.29, 1.82) is 0 Å². The number of nitrogens with zero attached hydrogens (tertiary/aromatic N) is 3. The molecule has 0 fully saturated rings. The van der Waals surface area contributed by atoms with E-state index in [1.165, 1.54) is 15.7 Å². The minimum atomic E-state index is -0.491. The smallest absolute Gasteiger partial charge is 0.373 e. The number of imidazole rings is 1. The summed E-state index contributed by atoms with van der Waals surface area (Å²) in [5.74, 6) is -0.00547. The van der Waals surface area contributed by atoms with Crippen LogP contribution in [-0.2, 0) is 0 Å². The molecule has 9 heteroatoms. The molecule has 102 valence electrons. The van der Waals surface area contributed by atoms with Gasteiger partial charge in [-0.25, -0.2) is 0 Å². The molecular weight excluding hydrogens is 302 g/mol. The van der Waals surface area contributed by atoms with Gasteiger partial charge < -0.3 is 21.2 Å². The Labute approximate surface area is 121 Å². The summed E-state index contributed by atoms with van der Waals surface area (Å²) in [6.45, 7) is 0. The monoisotopic (exact) mass is 309 g/mol. The third kappa shape index (κ3) is 2.04. The Balaban J connectivity index is 2.10. The zero-order chi connectivity index (χ0) is 14.3. The number of benzene rings is 1. The summed E-state index contributed by atoms with van der Waals surface area (Å²) < 4.78 is 1.41. The number of aromatic nitrogens is 2. The van der Waals surface area contributed by atoms with E-state index in [0.717, 1.165) is 0 Å². The molecule has 0 saturated heterocycles. The number of nitrogens with two attached hydrogens (primary N) is 1. The molecular formula is C11H8ClN5O2S. The van der Waals surface area contributed by atoms with Crippen LogP contribution in [0.5, 0.6) is 0 Å². The fraction of sp³-hybridized carbons (Fsp3) is 0. The third-order valence-electron chi connectivity index (χ3n) is 2.65. The van der Waals surface area contributed by atoms with Gasteiger partial charge in [0.05, 0.1) is 10.7 Å². The van der Waals surface area contributed by atoms with E-state index in [-0.39, 0.29) is 11.6 Å². The van der Waals surface area contributed by atoms with Crippen molar-refractivity contribution in [2.45, 2.75) is 0 Å². The second kappa shape index (κ2) is 4.66. The third-order valence-corrected chi connectivity index (χ3v) is 3.74. The maximum atomic E-state index is 11.2. The van der Waals surface area contributed by atoms with Gasteiger partial charge in [0, 0.05) is 11.1 Å². The molecule has 0 atom stereocenters. The first-order valence-electron chi connectivity index (χ1n) is 5.48. The number of rotatable bonds is 3. The van der Waals surface area contributed by atoms with Gasteiger partial charge in [0.15, 0.2) is 0 Å². The molecule has 0 aliphatic carbocycles. The van der Waals surface area contributed by atoms with Gasteiger partial charge in [-0.2, -0.15) is 9.38 Å². The van der Waals surface area contributed by atoms with Crippen LogP contribution in [0.25, 0.3) is 4.96 Å². The van der Waals surface area contributed by atoms with E-state index >= 15 is 0 Å². The summed E-state index contributed by atoms with van der Waals surface area (Å²) >= 11 is 7.34. The number of halogens is 1. The molecule has 20 heavy (non-hydrogen) atoms. The van der Waals surface area contributed by atoms with E-state index < -0.39 is 4.92 Å². The first kappa shape index (κ1) is 12.7. The maximum absolute atomic E-state index is 11.2. The summed E-state index contributed by atoms with van der Waals surface area (Å²) in [6.07, 6.45) is 1.59. The molecule has 0 bridgehead atoms. The summed E-state index contributed by atoms with van der Waals surface area (Å²) in [6, 6.07) is 4.86. The van der Waals surface area contributed by atoms with Crippen LogP contribution >= 0.6 is 22.9 Å². The van der Waals surface area contributed by atoms with E-state index in [0.29, 0.717) is 21.4 Å². The minimum absolute atomic E-state index is 0.134. The summed E-state index contributed by atoms with van der Waals surface area (Å²) in [7, 11) is 0. The second-order valence-corrected chi connectivity index (χ2v) is 5.24. The maximum Gasteiger partial charge on any atom is 0.373 e. The van der Waals surface area contributed by atoms with E-state index in [1.54, 1.807) is 29.8 Å². The molecule has 0 saturated carbocycles. The lowest BCUT2D eigenvalue weighted by Crippen LogP contribution is -1.99. The van der Waals surface area contributed by atoms with Gasteiger partial charge in [0.2, 0.25) is 5.82 Å². The highest BCUT2D eigenvalue weighted by Crippen LogP contribution is 2.33. The quantitative estimate of drug-likeness (QED) is 0.439. The predicted molar refractivity (Wildman–Crippen MR) is 78.9 cm³/mol. The van der Waals surface area contributed by atoms with Crippen molar-refractivity contribution >= 4 is 50.9 Å². The fourth-order valence-electron chi connectivity index (χ4n) is 1.80. The number of anilines is 3. The number of nitrogen functional groups attached to an aromatic ring is 1. The summed E-state index contributed by atoms with van der Waals surface area (Å²) in [5.41, 5.74) is 6.65. The van der Waals surface area contributed by atoms with Crippen molar-refractivity contribution in [1.82, 2.24) is 9.38 Å². The number of thiazole rings is 1. The Kier molecular flexibility index (Phi) is 2.96. The lowest BCUT2D eigenvalue weighted by Gasteiger charge is -2.06.